The van der Waals surface area contributed by atoms with Crippen molar-refractivity contribution >= 4 is 16.9 Å². The highest BCUT2D eigenvalue weighted by atomic mass is 16.3. The molecule has 0 radical (unpaired) electrons. The molecule has 18 heavy (non-hydrogen) atoms. The highest BCUT2D eigenvalue weighted by molar-refractivity contribution is 5.81. The smallest absolute Gasteiger partial charge is 0.234 e. The van der Waals surface area contributed by atoms with E-state index < -0.39 is 0 Å². The van der Waals surface area contributed by atoms with Gasteiger partial charge in [-0.05, 0) is 19.9 Å². The highest BCUT2D eigenvalue weighted by Gasteiger charge is 2.06. The van der Waals surface area contributed by atoms with Gasteiger partial charge in [-0.15, -0.1) is 0 Å². The van der Waals surface area contributed by atoms with Gasteiger partial charge in [-0.1, -0.05) is 18.2 Å². The van der Waals surface area contributed by atoms with E-state index in [0.717, 1.165) is 16.5 Å². The van der Waals surface area contributed by atoms with Gasteiger partial charge in [0.25, 0.3) is 0 Å². The fourth-order valence-corrected chi connectivity index (χ4v) is 1.85. The van der Waals surface area contributed by atoms with E-state index in [1.54, 1.807) is 6.26 Å². The van der Waals surface area contributed by atoms with Crippen LogP contribution in [0.1, 0.15) is 19.4 Å². The van der Waals surface area contributed by atoms with Crippen LogP contribution in [0, 0.1) is 0 Å². The third kappa shape index (κ3) is 3.11. The number of amides is 1. The predicted octanol–water partition coefficient (Wildman–Crippen LogP) is 2.05. The molecule has 1 heterocycles. The summed E-state index contributed by atoms with van der Waals surface area (Å²) in [5.74, 6) is 0.0119. The Morgan fingerprint density at radius 1 is 1.33 bits per heavy atom. The number of hydrogen-bond donors (Lipinski definition) is 2. The molecule has 2 N–H and O–H groups in total. The minimum atomic E-state index is 0.0119. The number of furan rings is 1. The molecule has 0 fully saturated rings. The van der Waals surface area contributed by atoms with Gasteiger partial charge in [0, 0.05) is 23.5 Å². The monoisotopic (exact) mass is 246 g/mol. The zero-order chi connectivity index (χ0) is 13.0. The fourth-order valence-electron chi connectivity index (χ4n) is 1.85. The molecular formula is C14H18N2O2. The standard InChI is InChI=1S/C14H18N2O2/c1-10(2)16-14(17)8-15-7-11-9-18-13-6-4-3-5-12(11)13/h3-6,9-10,15H,7-8H2,1-2H3,(H,16,17). The lowest BCUT2D eigenvalue weighted by Crippen LogP contribution is -2.37. The van der Waals surface area contributed by atoms with Crippen molar-refractivity contribution in [3.8, 4) is 0 Å². The second-order valence-corrected chi connectivity index (χ2v) is 4.58. The molecule has 2 rings (SSSR count). The van der Waals surface area contributed by atoms with Crippen molar-refractivity contribution in [3.63, 3.8) is 0 Å². The van der Waals surface area contributed by atoms with Crippen LogP contribution in [0.15, 0.2) is 34.9 Å². The van der Waals surface area contributed by atoms with Gasteiger partial charge in [-0.3, -0.25) is 4.79 Å². The Bertz CT molecular complexity index is 531. The summed E-state index contributed by atoms with van der Waals surface area (Å²) in [7, 11) is 0. The summed E-state index contributed by atoms with van der Waals surface area (Å²) in [5.41, 5.74) is 1.95. The third-order valence-corrected chi connectivity index (χ3v) is 2.61. The van der Waals surface area contributed by atoms with Gasteiger partial charge in [0.05, 0.1) is 12.8 Å². The number of carbonyl (C=O) groups is 1. The Kier molecular flexibility index (Phi) is 3.99. The molecule has 2 aromatic rings. The van der Waals surface area contributed by atoms with E-state index in [4.69, 9.17) is 4.42 Å². The Labute approximate surface area is 106 Å². The largest absolute Gasteiger partial charge is 0.464 e. The van der Waals surface area contributed by atoms with Crippen molar-refractivity contribution in [1.29, 1.82) is 0 Å². The van der Waals surface area contributed by atoms with Crippen LogP contribution >= 0.6 is 0 Å². The van der Waals surface area contributed by atoms with Crippen molar-refractivity contribution in [2.45, 2.75) is 26.4 Å². The zero-order valence-electron chi connectivity index (χ0n) is 10.7. The van der Waals surface area contributed by atoms with Gasteiger partial charge in [-0.25, -0.2) is 0 Å². The van der Waals surface area contributed by atoms with E-state index in [1.807, 2.05) is 38.1 Å². The van der Waals surface area contributed by atoms with Crippen molar-refractivity contribution in [3.05, 3.63) is 36.1 Å². The topological polar surface area (TPSA) is 54.3 Å². The fraction of sp³-hybridized carbons (Fsp3) is 0.357. The number of benzene rings is 1. The summed E-state index contributed by atoms with van der Waals surface area (Å²) in [6, 6.07) is 8.05. The van der Waals surface area contributed by atoms with Gasteiger partial charge >= 0.3 is 0 Å². The van der Waals surface area contributed by atoms with E-state index >= 15 is 0 Å². The minimum absolute atomic E-state index is 0.0119. The molecule has 1 aromatic carbocycles. The number of fused-ring (bicyclic) bond motifs is 1. The number of para-hydroxylation sites is 1. The lowest BCUT2D eigenvalue weighted by molar-refractivity contribution is -0.120. The lowest BCUT2D eigenvalue weighted by Gasteiger charge is -2.08. The first kappa shape index (κ1) is 12.6. The van der Waals surface area contributed by atoms with Crippen molar-refractivity contribution in [2.24, 2.45) is 0 Å². The lowest BCUT2D eigenvalue weighted by atomic mass is 10.2. The quantitative estimate of drug-likeness (QED) is 0.849. The normalized spacial score (nSPS) is 11.1. The summed E-state index contributed by atoms with van der Waals surface area (Å²) in [6.45, 7) is 4.84. The molecule has 0 spiro atoms. The Morgan fingerprint density at radius 2 is 2.11 bits per heavy atom. The minimum Gasteiger partial charge on any atom is -0.464 e. The van der Waals surface area contributed by atoms with Crippen molar-refractivity contribution in [2.75, 3.05) is 6.54 Å². The number of hydrogen-bond acceptors (Lipinski definition) is 3. The number of rotatable bonds is 5. The first-order valence-electron chi connectivity index (χ1n) is 6.12. The van der Waals surface area contributed by atoms with Gasteiger partial charge in [-0.2, -0.15) is 0 Å². The summed E-state index contributed by atoms with van der Waals surface area (Å²) in [4.78, 5) is 11.4. The van der Waals surface area contributed by atoms with Crippen LogP contribution in [0.5, 0.6) is 0 Å². The summed E-state index contributed by atoms with van der Waals surface area (Å²) in [5, 5.41) is 7.04. The third-order valence-electron chi connectivity index (χ3n) is 2.61. The van der Waals surface area contributed by atoms with E-state index in [9.17, 15) is 4.79 Å². The van der Waals surface area contributed by atoms with Crippen LogP contribution in [-0.2, 0) is 11.3 Å². The van der Waals surface area contributed by atoms with E-state index in [0.29, 0.717) is 13.1 Å². The molecule has 0 aliphatic carbocycles. The van der Waals surface area contributed by atoms with Gasteiger partial charge in [0.15, 0.2) is 0 Å². The molecule has 0 bridgehead atoms. The maximum Gasteiger partial charge on any atom is 0.234 e. The Hall–Kier alpha value is -1.81. The molecule has 1 amide bonds. The van der Waals surface area contributed by atoms with Crippen LogP contribution in [0.3, 0.4) is 0 Å². The zero-order valence-corrected chi connectivity index (χ0v) is 10.7. The molecule has 0 aliphatic rings. The van der Waals surface area contributed by atoms with Crippen molar-refractivity contribution in [1.82, 2.24) is 10.6 Å². The highest BCUT2D eigenvalue weighted by Crippen LogP contribution is 2.20. The molecule has 4 heteroatoms. The molecule has 0 atom stereocenters. The molecule has 1 aromatic heterocycles. The molecule has 0 aliphatic heterocycles. The summed E-state index contributed by atoms with van der Waals surface area (Å²) < 4.78 is 5.43. The number of nitrogens with one attached hydrogen (secondary N) is 2. The second-order valence-electron chi connectivity index (χ2n) is 4.58. The average molecular weight is 246 g/mol. The van der Waals surface area contributed by atoms with E-state index in [1.165, 1.54) is 0 Å². The van der Waals surface area contributed by atoms with Crippen LogP contribution in [0.25, 0.3) is 11.0 Å². The summed E-state index contributed by atoms with van der Waals surface area (Å²) >= 11 is 0. The molecular weight excluding hydrogens is 228 g/mol. The predicted molar refractivity (Wildman–Crippen MR) is 71.2 cm³/mol. The van der Waals surface area contributed by atoms with Gasteiger partial charge < -0.3 is 15.1 Å². The molecule has 4 nitrogen and oxygen atoms in total. The van der Waals surface area contributed by atoms with Gasteiger partial charge in [0.1, 0.15) is 5.58 Å². The second kappa shape index (κ2) is 5.69. The molecule has 96 valence electrons. The van der Waals surface area contributed by atoms with E-state index in [2.05, 4.69) is 10.6 Å². The molecule has 0 saturated heterocycles. The number of carbonyl (C=O) groups excluding carboxylic acids is 1. The maximum atomic E-state index is 11.4. The van der Waals surface area contributed by atoms with Crippen LogP contribution in [0.2, 0.25) is 0 Å². The Balaban J connectivity index is 1.89. The van der Waals surface area contributed by atoms with Crippen LogP contribution < -0.4 is 10.6 Å². The van der Waals surface area contributed by atoms with Crippen LogP contribution in [0.4, 0.5) is 0 Å². The maximum absolute atomic E-state index is 11.4. The SMILES string of the molecule is CC(C)NC(=O)CNCc1coc2ccccc12. The Morgan fingerprint density at radius 3 is 2.89 bits per heavy atom. The average Bonchev–Trinajstić information content (AvgIpc) is 2.72. The molecule has 0 unspecified atom stereocenters. The van der Waals surface area contributed by atoms with Crippen molar-refractivity contribution < 1.29 is 9.21 Å². The molecule has 0 saturated carbocycles. The summed E-state index contributed by atoms with van der Waals surface area (Å²) in [6.07, 6.45) is 1.73. The first-order valence-corrected chi connectivity index (χ1v) is 6.12. The van der Waals surface area contributed by atoms with Crippen LogP contribution in [-0.4, -0.2) is 18.5 Å². The first-order chi connectivity index (χ1) is 8.66. The van der Waals surface area contributed by atoms with Gasteiger partial charge in [0.2, 0.25) is 5.91 Å². The van der Waals surface area contributed by atoms with E-state index in [-0.39, 0.29) is 11.9 Å².